The van der Waals surface area contributed by atoms with Crippen molar-refractivity contribution in [2.45, 2.75) is 19.4 Å². The molecule has 0 saturated carbocycles. The van der Waals surface area contributed by atoms with Gasteiger partial charge in [0.1, 0.15) is 0 Å². The van der Waals surface area contributed by atoms with Crippen molar-refractivity contribution in [1.82, 2.24) is 14.5 Å². The van der Waals surface area contributed by atoms with E-state index in [1.54, 1.807) is 36.0 Å². The molecule has 0 aliphatic heterocycles. The molecule has 1 aromatic carbocycles. The Morgan fingerprint density at radius 1 is 1.24 bits per heavy atom. The lowest BCUT2D eigenvalue weighted by atomic mass is 10.0. The van der Waals surface area contributed by atoms with E-state index in [1.165, 1.54) is 6.07 Å². The zero-order chi connectivity index (χ0) is 18.0. The van der Waals surface area contributed by atoms with Crippen molar-refractivity contribution in [2.75, 3.05) is 7.05 Å². The number of amides is 1. The fraction of sp³-hybridized carbons (Fsp3) is 0.250. The number of fused-ring (bicyclic) bond motifs is 1. The molecule has 0 fully saturated rings. The van der Waals surface area contributed by atoms with Crippen molar-refractivity contribution in [3.63, 3.8) is 0 Å². The number of carbonyl (C=O) groups is 1. The van der Waals surface area contributed by atoms with Gasteiger partial charge in [-0.1, -0.05) is 31.2 Å². The van der Waals surface area contributed by atoms with E-state index in [0.29, 0.717) is 5.56 Å². The molecule has 0 spiro atoms. The largest absolute Gasteiger partial charge is 0.335 e. The Hall–Kier alpha value is -2.95. The first-order chi connectivity index (χ1) is 12.0. The maximum absolute atomic E-state index is 13.2. The summed E-state index contributed by atoms with van der Waals surface area (Å²) in [5.41, 5.74) is 1.98. The van der Waals surface area contributed by atoms with Crippen molar-refractivity contribution in [3.8, 4) is 0 Å². The molecule has 2 heterocycles. The highest BCUT2D eigenvalue weighted by Gasteiger charge is 2.23. The number of carbonyl (C=O) groups excluding carboxylic acids is 1. The lowest BCUT2D eigenvalue weighted by Gasteiger charge is -2.28. The summed E-state index contributed by atoms with van der Waals surface area (Å²) in [6.07, 6.45) is 4.25. The highest BCUT2D eigenvalue weighted by atomic mass is 16.2. The molecular weight excluding hydrogens is 314 g/mol. The smallest absolute Gasteiger partial charge is 0.254 e. The van der Waals surface area contributed by atoms with E-state index in [2.05, 4.69) is 4.98 Å². The summed E-state index contributed by atoms with van der Waals surface area (Å²) in [7, 11) is 3.49. The van der Waals surface area contributed by atoms with Gasteiger partial charge < -0.3 is 9.47 Å². The minimum Gasteiger partial charge on any atom is -0.335 e. The molecule has 1 amide bonds. The van der Waals surface area contributed by atoms with Crippen LogP contribution < -0.4 is 5.56 Å². The fourth-order valence-electron chi connectivity index (χ4n) is 3.23. The molecule has 25 heavy (non-hydrogen) atoms. The van der Waals surface area contributed by atoms with Crippen molar-refractivity contribution < 1.29 is 4.79 Å². The Morgan fingerprint density at radius 3 is 2.68 bits per heavy atom. The van der Waals surface area contributed by atoms with E-state index in [1.807, 2.05) is 43.3 Å². The molecule has 1 atom stereocenters. The maximum Gasteiger partial charge on any atom is 0.254 e. The van der Waals surface area contributed by atoms with Crippen LogP contribution in [0.4, 0.5) is 0 Å². The summed E-state index contributed by atoms with van der Waals surface area (Å²) in [4.78, 5) is 31.3. The van der Waals surface area contributed by atoms with Crippen molar-refractivity contribution in [3.05, 3.63) is 76.3 Å². The molecular formula is C20H21N3O2. The first-order valence-electron chi connectivity index (χ1n) is 8.30. The number of hydrogen-bond donors (Lipinski definition) is 0. The molecule has 0 bridgehead atoms. The van der Waals surface area contributed by atoms with Gasteiger partial charge in [-0.3, -0.25) is 14.6 Å². The fourth-order valence-corrected chi connectivity index (χ4v) is 3.23. The summed E-state index contributed by atoms with van der Waals surface area (Å²) in [6.45, 7) is 2.03. The summed E-state index contributed by atoms with van der Waals surface area (Å²) < 4.78 is 1.56. The Morgan fingerprint density at radius 2 is 2.00 bits per heavy atom. The summed E-state index contributed by atoms with van der Waals surface area (Å²) in [5, 5.41) is 0.780. The molecule has 2 aromatic heterocycles. The Kier molecular flexibility index (Phi) is 4.65. The van der Waals surface area contributed by atoms with Crippen molar-refractivity contribution in [2.24, 2.45) is 7.05 Å². The molecule has 5 heteroatoms. The van der Waals surface area contributed by atoms with E-state index in [-0.39, 0.29) is 17.5 Å². The normalized spacial score (nSPS) is 12.1. The standard InChI is InChI=1S/C20H21N3O2/c1-4-17(14-8-7-11-21-13-14)23(3)20(25)16-12-19(24)22(2)18-10-6-5-9-15(16)18/h5-13,17H,4H2,1-3H3/t17-/m0/s1. The molecule has 0 aliphatic rings. The van der Waals surface area contributed by atoms with Crippen molar-refractivity contribution >= 4 is 16.8 Å². The van der Waals surface area contributed by atoms with E-state index in [9.17, 15) is 9.59 Å². The molecule has 5 nitrogen and oxygen atoms in total. The lowest BCUT2D eigenvalue weighted by molar-refractivity contribution is 0.0727. The van der Waals surface area contributed by atoms with Gasteiger partial charge >= 0.3 is 0 Å². The zero-order valence-corrected chi connectivity index (χ0v) is 14.6. The zero-order valence-electron chi connectivity index (χ0n) is 14.6. The second-order valence-corrected chi connectivity index (χ2v) is 6.10. The van der Waals surface area contributed by atoms with Gasteiger partial charge in [-0.15, -0.1) is 0 Å². The summed E-state index contributed by atoms with van der Waals surface area (Å²) in [6, 6.07) is 12.6. The van der Waals surface area contributed by atoms with Crippen LogP contribution in [-0.4, -0.2) is 27.4 Å². The van der Waals surface area contributed by atoms with E-state index < -0.39 is 0 Å². The van der Waals surface area contributed by atoms with Gasteiger partial charge in [-0.2, -0.15) is 0 Å². The third-order valence-electron chi connectivity index (χ3n) is 4.63. The van der Waals surface area contributed by atoms with Crippen LogP contribution in [0.5, 0.6) is 0 Å². The van der Waals surface area contributed by atoms with Crippen LogP contribution in [0.1, 0.15) is 35.3 Å². The highest BCUT2D eigenvalue weighted by Crippen LogP contribution is 2.25. The van der Waals surface area contributed by atoms with Gasteiger partial charge in [0.25, 0.3) is 11.5 Å². The quantitative estimate of drug-likeness (QED) is 0.736. The minimum absolute atomic E-state index is 0.0935. The summed E-state index contributed by atoms with van der Waals surface area (Å²) in [5.74, 6) is -0.162. The molecule has 0 radical (unpaired) electrons. The van der Waals surface area contributed by atoms with Crippen LogP contribution in [0, 0.1) is 0 Å². The van der Waals surface area contributed by atoms with Crippen LogP contribution in [0.15, 0.2) is 59.7 Å². The molecule has 3 aromatic rings. The SMILES string of the molecule is CC[C@@H](c1cccnc1)N(C)C(=O)c1cc(=O)n(C)c2ccccc12. The van der Waals surface area contributed by atoms with Gasteiger partial charge in [0, 0.05) is 37.9 Å². The number of para-hydroxylation sites is 1. The third kappa shape index (κ3) is 3.05. The van der Waals surface area contributed by atoms with Gasteiger partial charge in [0.15, 0.2) is 0 Å². The number of aryl methyl sites for hydroxylation is 1. The second-order valence-electron chi connectivity index (χ2n) is 6.10. The third-order valence-corrected chi connectivity index (χ3v) is 4.63. The van der Waals surface area contributed by atoms with E-state index >= 15 is 0 Å². The Bertz CT molecular complexity index is 964. The summed E-state index contributed by atoms with van der Waals surface area (Å²) >= 11 is 0. The molecule has 128 valence electrons. The number of aromatic nitrogens is 2. The number of benzene rings is 1. The number of hydrogen-bond acceptors (Lipinski definition) is 3. The molecule has 3 rings (SSSR count). The number of rotatable bonds is 4. The van der Waals surface area contributed by atoms with Gasteiger partial charge in [0.2, 0.25) is 0 Å². The maximum atomic E-state index is 13.2. The van der Waals surface area contributed by atoms with Crippen molar-refractivity contribution in [1.29, 1.82) is 0 Å². The first-order valence-corrected chi connectivity index (χ1v) is 8.30. The number of pyridine rings is 2. The number of nitrogens with zero attached hydrogens (tertiary/aromatic N) is 3. The molecule has 0 aliphatic carbocycles. The van der Waals surface area contributed by atoms with Crippen LogP contribution in [-0.2, 0) is 7.05 Å². The average Bonchev–Trinajstić information content (AvgIpc) is 2.65. The monoisotopic (exact) mass is 335 g/mol. The van der Waals surface area contributed by atoms with E-state index in [0.717, 1.165) is 22.9 Å². The average molecular weight is 335 g/mol. The van der Waals surface area contributed by atoms with Crippen LogP contribution in [0.3, 0.4) is 0 Å². The highest BCUT2D eigenvalue weighted by molar-refractivity contribution is 6.06. The predicted molar refractivity (Wildman–Crippen MR) is 98.6 cm³/mol. The van der Waals surface area contributed by atoms with Gasteiger partial charge in [-0.25, -0.2) is 0 Å². The van der Waals surface area contributed by atoms with Crippen LogP contribution in [0.25, 0.3) is 10.9 Å². The van der Waals surface area contributed by atoms with E-state index in [4.69, 9.17) is 0 Å². The van der Waals surface area contributed by atoms with Crippen LogP contribution in [0.2, 0.25) is 0 Å². The predicted octanol–water partition coefficient (Wildman–Crippen LogP) is 3.16. The minimum atomic E-state index is -0.190. The molecule has 0 unspecified atom stereocenters. The Balaban J connectivity index is 2.08. The first kappa shape index (κ1) is 16.9. The lowest BCUT2D eigenvalue weighted by Crippen LogP contribution is -2.32. The van der Waals surface area contributed by atoms with Gasteiger partial charge in [0.05, 0.1) is 17.1 Å². The van der Waals surface area contributed by atoms with Crippen LogP contribution >= 0.6 is 0 Å². The Labute approximate surface area is 146 Å². The van der Waals surface area contributed by atoms with Gasteiger partial charge in [-0.05, 0) is 24.1 Å². The second kappa shape index (κ2) is 6.89. The molecule has 0 N–H and O–H groups in total. The molecule has 0 saturated heterocycles. The topological polar surface area (TPSA) is 55.2 Å².